The van der Waals surface area contributed by atoms with Crippen molar-refractivity contribution in [3.05, 3.63) is 35.9 Å². The molecule has 0 spiro atoms. The van der Waals surface area contributed by atoms with Crippen molar-refractivity contribution in [2.45, 2.75) is 19.2 Å². The van der Waals surface area contributed by atoms with Crippen LogP contribution in [0.2, 0.25) is 0 Å². The van der Waals surface area contributed by atoms with Gasteiger partial charge in [0, 0.05) is 19.3 Å². The average molecular weight is 305 g/mol. The Morgan fingerprint density at radius 1 is 1.33 bits per heavy atom. The Morgan fingerprint density at radius 2 is 2.10 bits per heavy atom. The number of ether oxygens (including phenoxy) is 1. The molecule has 1 atom stereocenters. The maximum atomic E-state index is 6.32. The quantitative estimate of drug-likeness (QED) is 0.697. The lowest BCUT2D eigenvalue weighted by Crippen LogP contribution is -2.02. The van der Waals surface area contributed by atoms with E-state index in [1.165, 1.54) is 0 Å². The van der Waals surface area contributed by atoms with Crippen LogP contribution in [0.25, 0.3) is 16.7 Å². The van der Waals surface area contributed by atoms with Gasteiger partial charge in [0.1, 0.15) is 11.6 Å². The molecule has 0 radical (unpaired) electrons. The highest BCUT2D eigenvalue weighted by atomic mass is 35.5. The predicted octanol–water partition coefficient (Wildman–Crippen LogP) is 3.38. The lowest BCUT2D eigenvalue weighted by Gasteiger charge is -2.09. The summed E-state index contributed by atoms with van der Waals surface area (Å²) in [6.07, 6.45) is 1.98. The Hall–Kier alpha value is -2.01. The van der Waals surface area contributed by atoms with E-state index in [4.69, 9.17) is 16.3 Å². The van der Waals surface area contributed by atoms with Crippen molar-refractivity contribution < 1.29 is 4.74 Å². The molecule has 0 saturated carbocycles. The second kappa shape index (κ2) is 5.07. The van der Waals surface area contributed by atoms with Gasteiger partial charge in [-0.15, -0.1) is 11.6 Å². The van der Waals surface area contributed by atoms with E-state index in [-0.39, 0.29) is 5.38 Å². The molecule has 3 rings (SSSR count). The van der Waals surface area contributed by atoms with E-state index in [1.54, 1.807) is 11.8 Å². The van der Waals surface area contributed by atoms with Gasteiger partial charge >= 0.3 is 0 Å². The van der Waals surface area contributed by atoms with Gasteiger partial charge in [0.15, 0.2) is 0 Å². The summed E-state index contributed by atoms with van der Waals surface area (Å²) in [4.78, 5) is 4.66. The number of imidazole rings is 1. The second-order valence-corrected chi connectivity index (χ2v) is 5.70. The number of hydrogen-bond acceptors (Lipinski definition) is 3. The normalized spacial score (nSPS) is 12.8. The number of hydrogen-bond donors (Lipinski definition) is 0. The van der Waals surface area contributed by atoms with Crippen LogP contribution >= 0.6 is 11.6 Å². The number of aryl methyl sites for hydroxylation is 2. The van der Waals surface area contributed by atoms with Crippen molar-refractivity contribution in [3.8, 4) is 11.4 Å². The summed E-state index contributed by atoms with van der Waals surface area (Å²) in [6, 6.07) is 5.84. The first-order valence-electron chi connectivity index (χ1n) is 6.72. The molecule has 2 heterocycles. The van der Waals surface area contributed by atoms with Crippen LogP contribution in [0, 0.1) is 6.92 Å². The van der Waals surface area contributed by atoms with Gasteiger partial charge in [0.2, 0.25) is 0 Å². The van der Waals surface area contributed by atoms with Crippen LogP contribution in [0.3, 0.4) is 0 Å². The molecule has 0 fully saturated rings. The van der Waals surface area contributed by atoms with Crippen LogP contribution in [0.1, 0.15) is 23.8 Å². The summed E-state index contributed by atoms with van der Waals surface area (Å²) >= 11 is 6.32. The summed E-state index contributed by atoms with van der Waals surface area (Å²) in [7, 11) is 3.55. The van der Waals surface area contributed by atoms with Gasteiger partial charge in [-0.1, -0.05) is 0 Å². The van der Waals surface area contributed by atoms with Crippen molar-refractivity contribution in [2.24, 2.45) is 7.05 Å². The highest BCUT2D eigenvalue weighted by Gasteiger charge is 2.19. The fourth-order valence-electron chi connectivity index (χ4n) is 2.53. The lowest BCUT2D eigenvalue weighted by atomic mass is 10.3. The van der Waals surface area contributed by atoms with E-state index in [0.717, 1.165) is 34.0 Å². The number of methoxy groups -OCH3 is 1. The monoisotopic (exact) mass is 304 g/mol. The number of rotatable bonds is 3. The zero-order chi connectivity index (χ0) is 15.1. The average Bonchev–Trinajstić information content (AvgIpc) is 2.97. The van der Waals surface area contributed by atoms with E-state index in [2.05, 4.69) is 14.6 Å². The smallest absolute Gasteiger partial charge is 0.132 e. The van der Waals surface area contributed by atoms with Crippen LogP contribution in [0.15, 0.2) is 24.4 Å². The van der Waals surface area contributed by atoms with Crippen LogP contribution in [-0.4, -0.2) is 26.4 Å². The molecular weight excluding hydrogens is 288 g/mol. The van der Waals surface area contributed by atoms with Gasteiger partial charge in [-0.05, 0) is 26.0 Å². The van der Waals surface area contributed by atoms with E-state index in [0.29, 0.717) is 0 Å². The lowest BCUT2D eigenvalue weighted by molar-refractivity contribution is 0.415. The van der Waals surface area contributed by atoms with Crippen molar-refractivity contribution in [2.75, 3.05) is 7.11 Å². The number of alkyl halides is 1. The molecule has 6 heteroatoms. The van der Waals surface area contributed by atoms with Gasteiger partial charge < -0.3 is 4.74 Å². The first-order valence-corrected chi connectivity index (χ1v) is 7.16. The van der Waals surface area contributed by atoms with Crippen molar-refractivity contribution in [3.63, 3.8) is 0 Å². The van der Waals surface area contributed by atoms with Crippen molar-refractivity contribution >= 4 is 22.6 Å². The summed E-state index contributed by atoms with van der Waals surface area (Å²) in [5, 5.41) is 4.20. The molecule has 0 saturated heterocycles. The maximum absolute atomic E-state index is 6.32. The molecule has 0 aliphatic carbocycles. The number of nitrogens with zero attached hydrogens (tertiary/aromatic N) is 4. The third-order valence-electron chi connectivity index (χ3n) is 3.47. The Kier molecular flexibility index (Phi) is 3.37. The Labute approximate surface area is 128 Å². The Bertz CT molecular complexity index is 803. The molecule has 21 heavy (non-hydrogen) atoms. The number of fused-ring (bicyclic) bond motifs is 1. The predicted molar refractivity (Wildman–Crippen MR) is 83.4 cm³/mol. The van der Waals surface area contributed by atoms with Crippen molar-refractivity contribution in [1.29, 1.82) is 0 Å². The maximum Gasteiger partial charge on any atom is 0.132 e. The minimum absolute atomic E-state index is 0.206. The van der Waals surface area contributed by atoms with Gasteiger partial charge in [-0.25, -0.2) is 4.98 Å². The third kappa shape index (κ3) is 2.27. The molecule has 3 aromatic rings. The summed E-state index contributed by atoms with van der Waals surface area (Å²) in [6.45, 7) is 3.90. The Balaban J connectivity index is 2.33. The highest BCUT2D eigenvalue weighted by molar-refractivity contribution is 6.20. The zero-order valence-corrected chi connectivity index (χ0v) is 13.2. The standard InChI is InChI=1S/C15H17ClN4O/c1-9(16)15-17-12-7-11(21-4)5-6-13(12)20(15)14-8-19(3)18-10(14)2/h5-9H,1-4H3. The fourth-order valence-corrected chi connectivity index (χ4v) is 2.68. The molecule has 0 N–H and O–H groups in total. The van der Waals surface area contributed by atoms with Gasteiger partial charge in [0.05, 0.1) is 34.9 Å². The minimum atomic E-state index is -0.206. The summed E-state index contributed by atoms with van der Waals surface area (Å²) in [5.41, 5.74) is 3.79. The molecule has 0 bridgehead atoms. The van der Waals surface area contributed by atoms with Crippen LogP contribution in [0.4, 0.5) is 0 Å². The third-order valence-corrected chi connectivity index (χ3v) is 3.67. The van der Waals surface area contributed by atoms with E-state index >= 15 is 0 Å². The topological polar surface area (TPSA) is 44.9 Å². The first kappa shape index (κ1) is 13.9. The summed E-state index contributed by atoms with van der Waals surface area (Å²) < 4.78 is 9.13. The minimum Gasteiger partial charge on any atom is -0.497 e. The molecule has 0 aliphatic heterocycles. The van der Waals surface area contributed by atoms with Crippen LogP contribution < -0.4 is 4.74 Å². The number of aromatic nitrogens is 4. The SMILES string of the molecule is COc1ccc2c(c1)nc(C(C)Cl)n2-c1cn(C)nc1C. The van der Waals surface area contributed by atoms with Crippen LogP contribution in [0.5, 0.6) is 5.75 Å². The molecule has 0 aliphatic rings. The zero-order valence-electron chi connectivity index (χ0n) is 12.5. The van der Waals surface area contributed by atoms with Gasteiger partial charge in [0.25, 0.3) is 0 Å². The fraction of sp³-hybridized carbons (Fsp3) is 0.333. The van der Waals surface area contributed by atoms with Gasteiger partial charge in [-0.3, -0.25) is 9.25 Å². The van der Waals surface area contributed by atoms with E-state index in [1.807, 2.05) is 45.3 Å². The summed E-state index contributed by atoms with van der Waals surface area (Å²) in [5.74, 6) is 1.58. The van der Waals surface area contributed by atoms with Crippen molar-refractivity contribution in [1.82, 2.24) is 19.3 Å². The number of halogens is 1. The molecule has 0 amide bonds. The second-order valence-electron chi connectivity index (χ2n) is 5.05. The molecule has 1 unspecified atom stereocenters. The van der Waals surface area contributed by atoms with E-state index in [9.17, 15) is 0 Å². The molecule has 5 nitrogen and oxygen atoms in total. The molecular formula is C15H17ClN4O. The highest BCUT2D eigenvalue weighted by Crippen LogP contribution is 2.30. The molecule has 110 valence electrons. The van der Waals surface area contributed by atoms with Crippen LogP contribution in [-0.2, 0) is 7.05 Å². The molecule has 2 aromatic heterocycles. The van der Waals surface area contributed by atoms with Gasteiger partial charge in [-0.2, -0.15) is 5.10 Å². The first-order chi connectivity index (χ1) is 10.0. The van der Waals surface area contributed by atoms with E-state index < -0.39 is 0 Å². The largest absolute Gasteiger partial charge is 0.497 e. The number of benzene rings is 1. The Morgan fingerprint density at radius 3 is 2.67 bits per heavy atom. The molecule has 1 aromatic carbocycles.